The lowest BCUT2D eigenvalue weighted by atomic mass is 9.41. The lowest BCUT2D eigenvalue weighted by Gasteiger charge is -2.71. The summed E-state index contributed by atoms with van der Waals surface area (Å²) in [6.07, 6.45) is -0.914. The number of piperidine rings is 1. The van der Waals surface area contributed by atoms with E-state index < -0.39 is 63.6 Å². The lowest BCUT2D eigenvalue weighted by Crippen LogP contribution is -2.81. The van der Waals surface area contributed by atoms with Crippen molar-refractivity contribution >= 4 is 5.97 Å². The molecule has 0 unspecified atom stereocenters. The molecule has 7 rings (SSSR count). The topological polar surface area (TPSA) is 138 Å². The highest BCUT2D eigenvalue weighted by atomic mass is 16.6. The lowest BCUT2D eigenvalue weighted by molar-refractivity contribution is -0.325. The number of rotatable bonds is 7. The Morgan fingerprint density at radius 1 is 1.00 bits per heavy atom. The third kappa shape index (κ3) is 3.05. The number of aliphatic hydroxyl groups is 4. The normalized spacial score (nSPS) is 51.0. The van der Waals surface area contributed by atoms with Crippen molar-refractivity contribution in [2.75, 3.05) is 41.0 Å². The van der Waals surface area contributed by atoms with Gasteiger partial charge in [0.05, 0.1) is 42.7 Å². The molecular weight excluding hydrogens is 530 g/mol. The molecule has 1 aromatic rings. The molecule has 1 heterocycles. The molecule has 0 amide bonds. The number of likely N-dealkylation sites (tertiary alicyclic amines) is 1. The quantitative estimate of drug-likeness (QED) is 0.349. The standard InChI is InChI=1S/C31H43NO9/c1-5-32-15-27(16-38-2)11-10-21(40-4)31-19-12-29(36)22(41-26(34)17-6-8-18(39-3)9-7-17)14-28(35,23(19)25(29)33)20(24(31)32)13-30(27,31)37/h6-9,19-25,33,35-37H,5,10-16H2,1-4H3/t19-,20-,21+,22-,23-,24+,25+,27-,28+,29+,30-,31+/m1/s1. The van der Waals surface area contributed by atoms with Crippen LogP contribution in [0, 0.1) is 28.6 Å². The Morgan fingerprint density at radius 3 is 2.37 bits per heavy atom. The van der Waals surface area contributed by atoms with E-state index in [2.05, 4.69) is 11.8 Å². The smallest absolute Gasteiger partial charge is 0.338 e. The van der Waals surface area contributed by atoms with Crippen molar-refractivity contribution in [3.8, 4) is 5.75 Å². The van der Waals surface area contributed by atoms with Crippen molar-refractivity contribution in [2.24, 2.45) is 28.6 Å². The van der Waals surface area contributed by atoms with Crippen LogP contribution in [0.4, 0.5) is 0 Å². The molecule has 5 saturated carbocycles. The number of ether oxygens (including phenoxy) is 4. The summed E-state index contributed by atoms with van der Waals surface area (Å²) >= 11 is 0. The minimum Gasteiger partial charge on any atom is -0.497 e. The summed E-state index contributed by atoms with van der Waals surface area (Å²) in [4.78, 5) is 15.7. The number of benzene rings is 1. The maximum absolute atomic E-state index is 13.3. The molecule has 0 aromatic heterocycles. The molecular formula is C31H43NO9. The highest BCUT2D eigenvalue weighted by molar-refractivity contribution is 5.89. The summed E-state index contributed by atoms with van der Waals surface area (Å²) in [5, 5.41) is 49.8. The zero-order chi connectivity index (χ0) is 29.2. The van der Waals surface area contributed by atoms with Gasteiger partial charge >= 0.3 is 5.97 Å². The van der Waals surface area contributed by atoms with Crippen molar-refractivity contribution in [1.82, 2.24) is 4.90 Å². The first-order valence-electron chi connectivity index (χ1n) is 15.0. The molecule has 0 radical (unpaired) electrons. The van der Waals surface area contributed by atoms with Crippen LogP contribution in [-0.4, -0.2) is 113 Å². The van der Waals surface area contributed by atoms with Crippen LogP contribution in [0.25, 0.3) is 0 Å². The van der Waals surface area contributed by atoms with Gasteiger partial charge < -0.3 is 39.4 Å². The van der Waals surface area contributed by atoms with Gasteiger partial charge in [-0.15, -0.1) is 0 Å². The van der Waals surface area contributed by atoms with Gasteiger partial charge in [-0.3, -0.25) is 4.90 Å². The summed E-state index contributed by atoms with van der Waals surface area (Å²) in [6.45, 7) is 3.84. The fraction of sp³-hybridized carbons (Fsp3) is 0.774. The average Bonchev–Trinajstić information content (AvgIpc) is 3.31. The van der Waals surface area contributed by atoms with Crippen LogP contribution in [0.5, 0.6) is 5.75 Å². The maximum atomic E-state index is 13.3. The van der Waals surface area contributed by atoms with Gasteiger partial charge in [0, 0.05) is 55.9 Å². The van der Waals surface area contributed by atoms with E-state index in [1.54, 1.807) is 45.6 Å². The molecule has 1 spiro atoms. The van der Waals surface area contributed by atoms with Gasteiger partial charge in [-0.1, -0.05) is 6.92 Å². The van der Waals surface area contributed by atoms with E-state index in [-0.39, 0.29) is 30.6 Å². The van der Waals surface area contributed by atoms with E-state index >= 15 is 0 Å². The summed E-state index contributed by atoms with van der Waals surface area (Å²) in [5.41, 5.74) is -5.58. The van der Waals surface area contributed by atoms with Crippen molar-refractivity contribution in [1.29, 1.82) is 0 Å². The number of fused-ring (bicyclic) bond motifs is 2. The highest BCUT2D eigenvalue weighted by Crippen LogP contribution is 2.80. The number of esters is 1. The third-order valence-electron chi connectivity index (χ3n) is 12.7. The highest BCUT2D eigenvalue weighted by Gasteiger charge is 2.90. The summed E-state index contributed by atoms with van der Waals surface area (Å²) in [5.74, 6) is -1.60. The first-order chi connectivity index (χ1) is 19.5. The predicted octanol–water partition coefficient (Wildman–Crippen LogP) is 0.980. The van der Waals surface area contributed by atoms with Gasteiger partial charge in [-0.2, -0.15) is 0 Å². The summed E-state index contributed by atoms with van der Waals surface area (Å²) in [7, 11) is 4.89. The van der Waals surface area contributed by atoms with Gasteiger partial charge in [0.1, 0.15) is 17.5 Å². The first kappa shape index (κ1) is 28.0. The Bertz CT molecular complexity index is 1230. The van der Waals surface area contributed by atoms with Gasteiger partial charge in [0.15, 0.2) is 0 Å². The number of methoxy groups -OCH3 is 3. The van der Waals surface area contributed by atoms with E-state index in [9.17, 15) is 25.2 Å². The molecule has 41 heavy (non-hydrogen) atoms. The predicted molar refractivity (Wildman–Crippen MR) is 145 cm³/mol. The SMILES string of the molecule is CCN1C[C@@]2(COC)CC[C@H](OC)[C@]34[C@@H]5C[C@]6(O)[C@H](OC(=O)c7ccc(OC)cc7)C[C@@](O)([C@H]5[C@@H]6O)[C@H](C[C@@]23O)[C@H]14. The maximum Gasteiger partial charge on any atom is 0.338 e. The van der Waals surface area contributed by atoms with Gasteiger partial charge in [0.2, 0.25) is 0 Å². The van der Waals surface area contributed by atoms with Crippen LogP contribution in [0.3, 0.4) is 0 Å². The zero-order valence-corrected chi connectivity index (χ0v) is 24.3. The monoisotopic (exact) mass is 573 g/mol. The van der Waals surface area contributed by atoms with E-state index in [1.165, 1.54) is 0 Å². The summed E-state index contributed by atoms with van der Waals surface area (Å²) in [6, 6.07) is 6.28. The van der Waals surface area contributed by atoms with E-state index in [1.807, 2.05) is 0 Å². The van der Waals surface area contributed by atoms with Gasteiger partial charge in [-0.25, -0.2) is 4.79 Å². The van der Waals surface area contributed by atoms with E-state index in [0.29, 0.717) is 25.3 Å². The number of aliphatic hydroxyl groups excluding tert-OH is 1. The molecule has 1 aliphatic heterocycles. The van der Waals surface area contributed by atoms with Crippen LogP contribution < -0.4 is 4.74 Å². The molecule has 4 N–H and O–H groups in total. The van der Waals surface area contributed by atoms with Crippen molar-refractivity contribution in [3.63, 3.8) is 0 Å². The fourth-order valence-corrected chi connectivity index (χ4v) is 11.4. The average molecular weight is 574 g/mol. The molecule has 226 valence electrons. The van der Waals surface area contributed by atoms with Crippen LogP contribution in [-0.2, 0) is 14.2 Å². The minimum atomic E-state index is -1.77. The molecule has 12 atom stereocenters. The van der Waals surface area contributed by atoms with E-state index in [4.69, 9.17) is 18.9 Å². The Morgan fingerprint density at radius 2 is 1.73 bits per heavy atom. The molecule has 1 saturated heterocycles. The Balaban J connectivity index is 1.34. The largest absolute Gasteiger partial charge is 0.497 e. The second-order valence-electron chi connectivity index (χ2n) is 13.7. The molecule has 6 aliphatic rings. The van der Waals surface area contributed by atoms with Crippen LogP contribution in [0.1, 0.15) is 49.4 Å². The molecule has 10 heteroatoms. The Kier molecular flexibility index (Phi) is 6.06. The summed E-state index contributed by atoms with van der Waals surface area (Å²) < 4.78 is 23.2. The van der Waals surface area contributed by atoms with Gasteiger partial charge in [0.25, 0.3) is 0 Å². The number of carbonyl (C=O) groups is 1. The molecule has 10 nitrogen and oxygen atoms in total. The minimum absolute atomic E-state index is 0.0105. The number of nitrogens with zero attached hydrogens (tertiary/aromatic N) is 1. The Labute approximate surface area is 240 Å². The van der Waals surface area contributed by atoms with Gasteiger partial charge in [-0.05, 0) is 62.4 Å². The second kappa shape index (κ2) is 8.87. The van der Waals surface area contributed by atoms with Crippen LogP contribution in [0.2, 0.25) is 0 Å². The molecule has 7 bridgehead atoms. The van der Waals surface area contributed by atoms with Crippen molar-refractivity contribution in [2.45, 2.75) is 80.2 Å². The number of hydrogen-bond donors (Lipinski definition) is 4. The Hall–Kier alpha value is -1.79. The zero-order valence-electron chi connectivity index (χ0n) is 24.3. The van der Waals surface area contributed by atoms with Crippen molar-refractivity contribution < 1.29 is 44.2 Å². The first-order valence-corrected chi connectivity index (χ1v) is 15.0. The van der Waals surface area contributed by atoms with E-state index in [0.717, 1.165) is 19.4 Å². The third-order valence-corrected chi connectivity index (χ3v) is 12.7. The number of carbonyl (C=O) groups excluding carboxylic acids is 1. The number of hydrogen-bond acceptors (Lipinski definition) is 10. The molecule has 6 fully saturated rings. The molecule has 1 aromatic carbocycles. The molecule has 5 aliphatic carbocycles. The van der Waals surface area contributed by atoms with Crippen LogP contribution >= 0.6 is 0 Å². The second-order valence-corrected chi connectivity index (χ2v) is 13.7. The van der Waals surface area contributed by atoms with Crippen molar-refractivity contribution in [3.05, 3.63) is 29.8 Å². The van der Waals surface area contributed by atoms with Crippen LogP contribution in [0.15, 0.2) is 24.3 Å². The fourth-order valence-electron chi connectivity index (χ4n) is 11.4.